The van der Waals surface area contributed by atoms with Gasteiger partial charge >= 0.3 is 0 Å². The highest BCUT2D eigenvalue weighted by Crippen LogP contribution is 2.20. The summed E-state index contributed by atoms with van der Waals surface area (Å²) in [5.41, 5.74) is 0.182. The van der Waals surface area contributed by atoms with Crippen molar-refractivity contribution < 1.29 is 14.3 Å². The molecule has 5 heteroatoms. The lowest BCUT2D eigenvalue weighted by molar-refractivity contribution is -0.116. The van der Waals surface area contributed by atoms with Crippen molar-refractivity contribution in [2.75, 3.05) is 7.11 Å². The number of ketones is 2. The van der Waals surface area contributed by atoms with Gasteiger partial charge in [0.25, 0.3) is 0 Å². The quantitative estimate of drug-likeness (QED) is 0.478. The molecule has 0 aliphatic heterocycles. The van der Waals surface area contributed by atoms with Crippen LogP contribution in [0.4, 0.5) is 0 Å². The van der Waals surface area contributed by atoms with E-state index in [-0.39, 0.29) is 23.7 Å². The van der Waals surface area contributed by atoms with Crippen LogP contribution in [-0.4, -0.2) is 23.7 Å². The Hall–Kier alpha value is -1.23. The van der Waals surface area contributed by atoms with Gasteiger partial charge in [0.2, 0.25) is 0 Å². The van der Waals surface area contributed by atoms with Crippen molar-refractivity contribution in [3.05, 3.63) is 22.4 Å². The maximum atomic E-state index is 11.6. The lowest BCUT2D eigenvalue weighted by Gasteiger charge is -2.05. The van der Waals surface area contributed by atoms with Crippen LogP contribution in [-0.2, 0) is 4.79 Å². The molecule has 0 unspecified atom stereocenters. The van der Waals surface area contributed by atoms with Crippen LogP contribution < -0.4 is 4.74 Å². The molecule has 0 atom stereocenters. The molecule has 80 valence electrons. The van der Waals surface area contributed by atoms with Gasteiger partial charge in [-0.25, -0.2) is 4.98 Å². The lowest BCUT2D eigenvalue weighted by Crippen LogP contribution is -2.09. The summed E-state index contributed by atoms with van der Waals surface area (Å²) in [5.74, 6) is -0.145. The van der Waals surface area contributed by atoms with Gasteiger partial charge < -0.3 is 4.74 Å². The van der Waals surface area contributed by atoms with E-state index in [4.69, 9.17) is 4.74 Å². The Morgan fingerprint density at radius 2 is 2.13 bits per heavy atom. The Morgan fingerprint density at radius 3 is 2.67 bits per heavy atom. The summed E-state index contributed by atoms with van der Waals surface area (Å²) in [6.45, 7) is 1.36. The van der Waals surface area contributed by atoms with E-state index in [1.165, 1.54) is 14.0 Å². The van der Waals surface area contributed by atoms with Crippen LogP contribution in [0, 0.1) is 0 Å². The largest absolute Gasteiger partial charge is 0.494 e. The standard InChI is InChI=1S/C10H10BrNO3/c1-6(13)5-7(14)10-8(15-2)3-4-9(11)12-10/h3-4H,5H2,1-2H3. The van der Waals surface area contributed by atoms with Crippen LogP contribution in [0.1, 0.15) is 23.8 Å². The molecule has 0 saturated carbocycles. The van der Waals surface area contributed by atoms with E-state index in [1.54, 1.807) is 12.1 Å². The maximum Gasteiger partial charge on any atom is 0.192 e. The number of nitrogens with zero attached hydrogens (tertiary/aromatic N) is 1. The Morgan fingerprint density at radius 1 is 1.47 bits per heavy atom. The highest BCUT2D eigenvalue weighted by Gasteiger charge is 2.16. The van der Waals surface area contributed by atoms with E-state index in [2.05, 4.69) is 20.9 Å². The number of aromatic nitrogens is 1. The minimum Gasteiger partial charge on any atom is -0.494 e. The second-order valence-electron chi connectivity index (χ2n) is 2.99. The normalized spacial score (nSPS) is 9.80. The van der Waals surface area contributed by atoms with Gasteiger partial charge in [-0.05, 0) is 35.0 Å². The van der Waals surface area contributed by atoms with E-state index in [0.717, 1.165) is 0 Å². The molecule has 1 rings (SSSR count). The third kappa shape index (κ3) is 3.13. The molecule has 0 aliphatic rings. The summed E-state index contributed by atoms with van der Waals surface area (Å²) in [7, 11) is 1.45. The molecule has 0 amide bonds. The minimum absolute atomic E-state index is 0.153. The van der Waals surface area contributed by atoms with Crippen molar-refractivity contribution in [1.29, 1.82) is 0 Å². The summed E-state index contributed by atoms with van der Waals surface area (Å²) in [5, 5.41) is 0. The second-order valence-corrected chi connectivity index (χ2v) is 3.80. The SMILES string of the molecule is COc1ccc(Br)nc1C(=O)CC(C)=O. The Kier molecular flexibility index (Phi) is 3.96. The zero-order chi connectivity index (χ0) is 11.4. The molecule has 1 aromatic rings. The van der Waals surface area contributed by atoms with Crippen molar-refractivity contribution in [1.82, 2.24) is 4.98 Å². The number of hydrogen-bond donors (Lipinski definition) is 0. The summed E-state index contributed by atoms with van der Waals surface area (Å²) < 4.78 is 5.52. The van der Waals surface area contributed by atoms with Gasteiger partial charge in [-0.3, -0.25) is 9.59 Å². The number of ether oxygens (including phenoxy) is 1. The van der Waals surface area contributed by atoms with Crippen LogP contribution in [0.3, 0.4) is 0 Å². The van der Waals surface area contributed by atoms with Gasteiger partial charge in [0.1, 0.15) is 21.8 Å². The van der Waals surface area contributed by atoms with Crippen LogP contribution >= 0.6 is 15.9 Å². The Balaban J connectivity index is 3.05. The molecule has 15 heavy (non-hydrogen) atoms. The lowest BCUT2D eigenvalue weighted by atomic mass is 10.1. The Bertz CT molecular complexity index is 404. The molecular weight excluding hydrogens is 262 g/mol. The van der Waals surface area contributed by atoms with Gasteiger partial charge in [-0.1, -0.05) is 0 Å². The number of carbonyl (C=O) groups is 2. The summed E-state index contributed by atoms with van der Waals surface area (Å²) in [4.78, 5) is 26.4. The fraction of sp³-hybridized carbons (Fsp3) is 0.300. The number of halogens is 1. The number of hydrogen-bond acceptors (Lipinski definition) is 4. The first-order chi connectivity index (χ1) is 7.04. The first-order valence-electron chi connectivity index (χ1n) is 4.27. The molecule has 0 aliphatic carbocycles. The third-order valence-corrected chi connectivity index (χ3v) is 2.16. The second kappa shape index (κ2) is 5.02. The topological polar surface area (TPSA) is 56.3 Å². The van der Waals surface area contributed by atoms with Crippen LogP contribution in [0.25, 0.3) is 0 Å². The minimum atomic E-state index is -0.333. The van der Waals surface area contributed by atoms with E-state index < -0.39 is 0 Å². The smallest absolute Gasteiger partial charge is 0.192 e. The fourth-order valence-corrected chi connectivity index (χ4v) is 1.41. The molecule has 1 heterocycles. The van der Waals surface area contributed by atoms with Crippen LogP contribution in [0.2, 0.25) is 0 Å². The summed E-state index contributed by atoms with van der Waals surface area (Å²) in [6, 6.07) is 3.30. The molecule has 0 fully saturated rings. The van der Waals surface area contributed by atoms with Gasteiger partial charge in [0, 0.05) is 0 Å². The Labute approximate surface area is 95.8 Å². The number of rotatable bonds is 4. The predicted molar refractivity (Wildman–Crippen MR) is 58.1 cm³/mol. The first-order valence-corrected chi connectivity index (χ1v) is 5.07. The monoisotopic (exact) mass is 271 g/mol. The predicted octanol–water partition coefficient (Wildman–Crippen LogP) is 2.01. The number of pyridine rings is 1. The average Bonchev–Trinajstić information content (AvgIpc) is 2.16. The van der Waals surface area contributed by atoms with Crippen molar-refractivity contribution >= 4 is 27.5 Å². The highest BCUT2D eigenvalue weighted by molar-refractivity contribution is 9.10. The molecule has 0 saturated heterocycles. The van der Waals surface area contributed by atoms with Crippen molar-refractivity contribution in [2.24, 2.45) is 0 Å². The van der Waals surface area contributed by atoms with Crippen molar-refractivity contribution in [2.45, 2.75) is 13.3 Å². The third-order valence-electron chi connectivity index (χ3n) is 1.72. The molecule has 1 aromatic heterocycles. The van der Waals surface area contributed by atoms with Gasteiger partial charge in [-0.2, -0.15) is 0 Å². The van der Waals surface area contributed by atoms with Crippen molar-refractivity contribution in [3.63, 3.8) is 0 Å². The van der Waals surface area contributed by atoms with Gasteiger partial charge in [0.15, 0.2) is 5.78 Å². The molecule has 0 N–H and O–H groups in total. The number of methoxy groups -OCH3 is 1. The highest BCUT2D eigenvalue weighted by atomic mass is 79.9. The van der Waals surface area contributed by atoms with Gasteiger partial charge in [0.05, 0.1) is 13.5 Å². The zero-order valence-electron chi connectivity index (χ0n) is 8.41. The molecular formula is C10H10BrNO3. The van der Waals surface area contributed by atoms with Gasteiger partial charge in [-0.15, -0.1) is 0 Å². The van der Waals surface area contributed by atoms with Crippen molar-refractivity contribution in [3.8, 4) is 5.75 Å². The van der Waals surface area contributed by atoms with E-state index in [0.29, 0.717) is 10.4 Å². The first kappa shape index (κ1) is 11.8. The van der Waals surface area contributed by atoms with E-state index in [1.807, 2.05) is 0 Å². The maximum absolute atomic E-state index is 11.6. The molecule has 0 spiro atoms. The molecule has 0 aromatic carbocycles. The van der Waals surface area contributed by atoms with E-state index in [9.17, 15) is 9.59 Å². The molecule has 4 nitrogen and oxygen atoms in total. The van der Waals surface area contributed by atoms with Crippen LogP contribution in [0.5, 0.6) is 5.75 Å². The fourth-order valence-electron chi connectivity index (χ4n) is 1.10. The summed E-state index contributed by atoms with van der Waals surface area (Å²) in [6.07, 6.45) is -0.153. The van der Waals surface area contributed by atoms with E-state index >= 15 is 0 Å². The molecule has 0 bridgehead atoms. The number of carbonyl (C=O) groups excluding carboxylic acids is 2. The average molecular weight is 272 g/mol. The molecule has 0 radical (unpaired) electrons. The number of Topliss-reactive ketones (excluding diaryl/α,β-unsaturated/α-hetero) is 2. The van der Waals surface area contributed by atoms with Crippen LogP contribution in [0.15, 0.2) is 16.7 Å². The zero-order valence-corrected chi connectivity index (χ0v) is 10.00. The summed E-state index contributed by atoms with van der Waals surface area (Å²) >= 11 is 3.16.